The van der Waals surface area contributed by atoms with Gasteiger partial charge in [0.15, 0.2) is 17.6 Å². The first kappa shape index (κ1) is 21.9. The summed E-state index contributed by atoms with van der Waals surface area (Å²) in [6.45, 7) is 4.41. The quantitative estimate of drug-likeness (QED) is 0.588. The van der Waals surface area contributed by atoms with Gasteiger partial charge in [0.05, 0.1) is 14.2 Å². The molecule has 28 heavy (non-hydrogen) atoms. The monoisotopic (exact) mass is 405 g/mol. The summed E-state index contributed by atoms with van der Waals surface area (Å²) in [6.07, 6.45) is 1.71. The van der Waals surface area contributed by atoms with Crippen molar-refractivity contribution >= 4 is 17.5 Å². The summed E-state index contributed by atoms with van der Waals surface area (Å²) in [7, 11) is 3.24. The van der Waals surface area contributed by atoms with Crippen molar-refractivity contribution in [3.8, 4) is 17.2 Å². The molecule has 0 aromatic heterocycles. The van der Waals surface area contributed by atoms with Crippen LogP contribution in [0.3, 0.4) is 0 Å². The van der Waals surface area contributed by atoms with E-state index in [1.54, 1.807) is 26.4 Å². The summed E-state index contributed by atoms with van der Waals surface area (Å²) in [5.41, 5.74) is 2.05. The van der Waals surface area contributed by atoms with E-state index in [9.17, 15) is 4.79 Å². The highest BCUT2D eigenvalue weighted by Crippen LogP contribution is 2.28. The zero-order valence-corrected chi connectivity index (χ0v) is 17.6. The van der Waals surface area contributed by atoms with Gasteiger partial charge in [-0.05, 0) is 67.6 Å². The van der Waals surface area contributed by atoms with Crippen molar-refractivity contribution in [3.63, 3.8) is 0 Å². The number of methoxy groups -OCH3 is 2. The fourth-order valence-corrected chi connectivity index (χ4v) is 2.95. The molecular weight excluding hydrogens is 378 g/mol. The average molecular weight is 406 g/mol. The molecule has 6 heteroatoms. The molecule has 0 saturated heterocycles. The molecule has 0 unspecified atom stereocenters. The molecule has 0 saturated carbocycles. The molecule has 0 aliphatic rings. The molecule has 0 spiro atoms. The number of rotatable bonds is 10. The Balaban J connectivity index is 1.82. The Kier molecular flexibility index (Phi) is 8.45. The third-order valence-electron chi connectivity index (χ3n) is 4.46. The maximum absolute atomic E-state index is 12.4. The third kappa shape index (κ3) is 6.06. The van der Waals surface area contributed by atoms with Crippen molar-refractivity contribution in [1.29, 1.82) is 0 Å². The first-order valence-electron chi connectivity index (χ1n) is 9.39. The van der Waals surface area contributed by atoms with Gasteiger partial charge in [0.25, 0.3) is 5.91 Å². The van der Waals surface area contributed by atoms with Gasteiger partial charge in [0.2, 0.25) is 0 Å². The Morgan fingerprint density at radius 3 is 2.50 bits per heavy atom. The van der Waals surface area contributed by atoms with Crippen molar-refractivity contribution in [2.45, 2.75) is 39.2 Å². The summed E-state index contributed by atoms with van der Waals surface area (Å²) in [6, 6.07) is 11.3. The maximum Gasteiger partial charge on any atom is 0.261 e. The number of carbonyl (C=O) groups is 1. The van der Waals surface area contributed by atoms with Crippen LogP contribution in [-0.2, 0) is 11.2 Å². The van der Waals surface area contributed by atoms with Crippen LogP contribution in [0.15, 0.2) is 36.4 Å². The van der Waals surface area contributed by atoms with Crippen LogP contribution < -0.4 is 19.5 Å². The minimum Gasteiger partial charge on any atom is -0.493 e. The zero-order valence-electron chi connectivity index (χ0n) is 16.9. The van der Waals surface area contributed by atoms with Gasteiger partial charge in [-0.2, -0.15) is 0 Å². The fraction of sp³-hybridized carbons (Fsp3) is 0.409. The smallest absolute Gasteiger partial charge is 0.261 e. The number of ether oxygens (including phenoxy) is 3. The third-order valence-corrected chi connectivity index (χ3v) is 4.88. The van der Waals surface area contributed by atoms with Crippen molar-refractivity contribution in [1.82, 2.24) is 5.32 Å². The molecule has 0 aliphatic carbocycles. The van der Waals surface area contributed by atoms with Crippen molar-refractivity contribution < 1.29 is 19.0 Å². The highest BCUT2D eigenvalue weighted by atomic mass is 35.5. The molecule has 0 radical (unpaired) electrons. The molecule has 1 atom stereocenters. The molecule has 5 nitrogen and oxygen atoms in total. The highest BCUT2D eigenvalue weighted by Gasteiger charge is 2.18. The SMILES string of the molecule is CC[C@@H](Oc1ccc(Cl)c(C)c1)C(=O)NCCCc1ccc(OC)c(OC)c1. The second-order valence-corrected chi connectivity index (χ2v) is 6.92. The lowest BCUT2D eigenvalue weighted by atomic mass is 10.1. The lowest BCUT2D eigenvalue weighted by Gasteiger charge is -2.18. The number of hydrogen-bond donors (Lipinski definition) is 1. The van der Waals surface area contributed by atoms with Gasteiger partial charge in [-0.15, -0.1) is 0 Å². The molecule has 1 amide bonds. The number of halogens is 1. The second-order valence-electron chi connectivity index (χ2n) is 6.51. The first-order chi connectivity index (χ1) is 13.5. The van der Waals surface area contributed by atoms with Gasteiger partial charge in [0.1, 0.15) is 5.75 Å². The maximum atomic E-state index is 12.4. The van der Waals surface area contributed by atoms with Crippen LogP contribution in [0.2, 0.25) is 5.02 Å². The topological polar surface area (TPSA) is 56.8 Å². The van der Waals surface area contributed by atoms with Gasteiger partial charge in [-0.1, -0.05) is 24.6 Å². The summed E-state index contributed by atoms with van der Waals surface area (Å²) in [5.74, 6) is 1.96. The normalized spacial score (nSPS) is 11.6. The van der Waals surface area contributed by atoms with Crippen molar-refractivity contribution in [2.75, 3.05) is 20.8 Å². The van der Waals surface area contributed by atoms with E-state index in [0.717, 1.165) is 24.0 Å². The number of carbonyl (C=O) groups excluding carboxylic acids is 1. The van der Waals surface area contributed by atoms with Gasteiger partial charge in [-0.3, -0.25) is 4.79 Å². The minimum absolute atomic E-state index is 0.109. The summed E-state index contributed by atoms with van der Waals surface area (Å²) in [5, 5.41) is 3.64. The van der Waals surface area contributed by atoms with E-state index in [-0.39, 0.29) is 5.91 Å². The van der Waals surface area contributed by atoms with Crippen molar-refractivity contribution in [3.05, 3.63) is 52.5 Å². The standard InChI is InChI=1S/C22H28ClNO4/c1-5-19(28-17-9-10-18(23)15(2)13-17)22(25)24-12-6-7-16-8-11-20(26-3)21(14-16)27-4/h8-11,13-14,19H,5-7,12H2,1-4H3,(H,24,25)/t19-/m1/s1. The van der Waals surface area contributed by atoms with E-state index in [1.807, 2.05) is 38.1 Å². The largest absolute Gasteiger partial charge is 0.493 e. The first-order valence-corrected chi connectivity index (χ1v) is 9.77. The van der Waals surface area contributed by atoms with Gasteiger partial charge in [-0.25, -0.2) is 0 Å². The molecule has 1 N–H and O–H groups in total. The van der Waals surface area contributed by atoms with Crippen LogP contribution in [0, 0.1) is 6.92 Å². The minimum atomic E-state index is -0.526. The van der Waals surface area contributed by atoms with Crippen LogP contribution >= 0.6 is 11.6 Å². The Morgan fingerprint density at radius 1 is 1.11 bits per heavy atom. The molecule has 2 aromatic rings. The molecular formula is C22H28ClNO4. The van der Waals surface area contributed by atoms with E-state index in [1.165, 1.54) is 0 Å². The molecule has 0 heterocycles. The van der Waals surface area contributed by atoms with E-state index in [4.69, 9.17) is 25.8 Å². The number of benzene rings is 2. The van der Waals surface area contributed by atoms with Gasteiger partial charge >= 0.3 is 0 Å². The second kappa shape index (κ2) is 10.8. The zero-order chi connectivity index (χ0) is 20.5. The van der Waals surface area contributed by atoms with Crippen LogP contribution in [0.5, 0.6) is 17.2 Å². The molecule has 2 aromatic carbocycles. The molecule has 152 valence electrons. The van der Waals surface area contributed by atoms with Gasteiger partial charge < -0.3 is 19.5 Å². The molecule has 0 fully saturated rings. The summed E-state index contributed by atoms with van der Waals surface area (Å²) in [4.78, 5) is 12.4. The number of nitrogens with one attached hydrogen (secondary N) is 1. The van der Waals surface area contributed by atoms with Crippen LogP contribution in [0.1, 0.15) is 30.9 Å². The lowest BCUT2D eigenvalue weighted by molar-refractivity contribution is -0.128. The molecule has 2 rings (SSSR count). The average Bonchev–Trinajstić information content (AvgIpc) is 2.71. The predicted molar refractivity (Wildman–Crippen MR) is 112 cm³/mol. The highest BCUT2D eigenvalue weighted by molar-refractivity contribution is 6.31. The fourth-order valence-electron chi connectivity index (χ4n) is 2.83. The Hall–Kier alpha value is -2.40. The Morgan fingerprint density at radius 2 is 1.86 bits per heavy atom. The summed E-state index contributed by atoms with van der Waals surface area (Å²) < 4.78 is 16.4. The van der Waals surface area contributed by atoms with Crippen LogP contribution in [0.25, 0.3) is 0 Å². The molecule has 0 bridgehead atoms. The lowest BCUT2D eigenvalue weighted by Crippen LogP contribution is -2.38. The number of amides is 1. The summed E-state index contributed by atoms with van der Waals surface area (Å²) >= 11 is 6.03. The molecule has 0 aliphatic heterocycles. The Labute approximate surface area is 171 Å². The van der Waals surface area contributed by atoms with Crippen LogP contribution in [0.4, 0.5) is 0 Å². The predicted octanol–water partition coefficient (Wildman–Crippen LogP) is 4.57. The van der Waals surface area contributed by atoms with E-state index >= 15 is 0 Å². The van der Waals surface area contributed by atoms with E-state index in [0.29, 0.717) is 35.2 Å². The van der Waals surface area contributed by atoms with E-state index in [2.05, 4.69) is 5.32 Å². The number of aryl methyl sites for hydroxylation is 2. The van der Waals surface area contributed by atoms with Crippen LogP contribution in [-0.4, -0.2) is 32.8 Å². The number of hydrogen-bond acceptors (Lipinski definition) is 4. The van der Waals surface area contributed by atoms with Gasteiger partial charge in [0, 0.05) is 11.6 Å². The Bertz CT molecular complexity index is 794. The van der Waals surface area contributed by atoms with Crippen molar-refractivity contribution in [2.24, 2.45) is 0 Å². The van der Waals surface area contributed by atoms with E-state index < -0.39 is 6.10 Å².